The summed E-state index contributed by atoms with van der Waals surface area (Å²) >= 11 is 6.15. The second-order valence-corrected chi connectivity index (χ2v) is 6.67. The van der Waals surface area contributed by atoms with Gasteiger partial charge in [-0.05, 0) is 31.2 Å². The average molecular weight is 429 g/mol. The summed E-state index contributed by atoms with van der Waals surface area (Å²) in [6, 6.07) is 10.5. The van der Waals surface area contributed by atoms with Crippen LogP contribution in [0.1, 0.15) is 29.5 Å². The number of nitro groups is 1. The third-order valence-electron chi connectivity index (χ3n) is 4.21. The Morgan fingerprint density at radius 1 is 1.20 bits per heavy atom. The Morgan fingerprint density at radius 3 is 2.67 bits per heavy atom. The molecule has 0 unspecified atom stereocenters. The number of aromatic nitrogens is 3. The molecule has 0 atom stereocenters. The van der Waals surface area contributed by atoms with E-state index in [9.17, 15) is 19.7 Å². The Kier molecular flexibility index (Phi) is 6.07. The molecular weight excluding hydrogens is 412 g/mol. The lowest BCUT2D eigenvalue weighted by molar-refractivity contribution is -0.384. The van der Waals surface area contributed by atoms with Crippen molar-refractivity contribution in [2.45, 2.75) is 20.3 Å². The summed E-state index contributed by atoms with van der Waals surface area (Å²) in [6.45, 7) is 3.34. The molecule has 0 bridgehead atoms. The molecule has 0 aliphatic carbocycles. The molecule has 3 rings (SSSR count). The largest absolute Gasteiger partial charge is 0.326 e. The lowest BCUT2D eigenvalue weighted by atomic mass is 10.2. The maximum atomic E-state index is 12.7. The van der Waals surface area contributed by atoms with Crippen LogP contribution in [0.15, 0.2) is 42.5 Å². The molecule has 0 saturated carbocycles. The van der Waals surface area contributed by atoms with Crippen LogP contribution < -0.4 is 10.6 Å². The van der Waals surface area contributed by atoms with Gasteiger partial charge in [0, 0.05) is 24.2 Å². The van der Waals surface area contributed by atoms with Gasteiger partial charge in [-0.3, -0.25) is 19.7 Å². The van der Waals surface area contributed by atoms with Crippen LogP contribution in [0.3, 0.4) is 0 Å². The van der Waals surface area contributed by atoms with Gasteiger partial charge in [-0.25, -0.2) is 4.68 Å². The van der Waals surface area contributed by atoms with Crippen molar-refractivity contribution < 1.29 is 14.5 Å². The van der Waals surface area contributed by atoms with E-state index in [2.05, 4.69) is 20.9 Å². The number of hydrogen-bond donors (Lipinski definition) is 2. The molecule has 11 heteroatoms. The molecule has 1 heterocycles. The summed E-state index contributed by atoms with van der Waals surface area (Å²) in [4.78, 5) is 34.8. The van der Waals surface area contributed by atoms with Gasteiger partial charge in [0.05, 0.1) is 27.0 Å². The van der Waals surface area contributed by atoms with Crippen LogP contribution in [0.5, 0.6) is 0 Å². The number of benzene rings is 2. The van der Waals surface area contributed by atoms with Crippen molar-refractivity contribution in [1.82, 2.24) is 15.0 Å². The third-order valence-corrected chi connectivity index (χ3v) is 4.54. The Labute approximate surface area is 176 Å². The summed E-state index contributed by atoms with van der Waals surface area (Å²) in [6.07, 6.45) is 0.310. The SMILES string of the molecule is CCC(=O)Nc1ccc(Cl)c(NC(=O)c2nnn(-c3cccc([N+](=O)[O-])c3)c2C)c1. The third kappa shape index (κ3) is 4.44. The van der Waals surface area contributed by atoms with Gasteiger partial charge >= 0.3 is 0 Å². The highest BCUT2D eigenvalue weighted by Gasteiger charge is 2.19. The zero-order chi connectivity index (χ0) is 21.8. The molecule has 30 heavy (non-hydrogen) atoms. The van der Waals surface area contributed by atoms with E-state index in [1.807, 2.05) is 0 Å². The normalized spacial score (nSPS) is 10.5. The monoisotopic (exact) mass is 428 g/mol. The van der Waals surface area contributed by atoms with Crippen LogP contribution >= 0.6 is 11.6 Å². The number of hydrogen-bond acceptors (Lipinski definition) is 6. The first-order valence-electron chi connectivity index (χ1n) is 8.88. The molecule has 0 radical (unpaired) electrons. The molecule has 154 valence electrons. The van der Waals surface area contributed by atoms with Crippen LogP contribution in [0.4, 0.5) is 17.1 Å². The Balaban J connectivity index is 1.85. The molecule has 0 spiro atoms. The van der Waals surface area contributed by atoms with Gasteiger partial charge in [0.2, 0.25) is 5.91 Å². The van der Waals surface area contributed by atoms with E-state index >= 15 is 0 Å². The zero-order valence-electron chi connectivity index (χ0n) is 16.0. The van der Waals surface area contributed by atoms with Gasteiger partial charge in [0.25, 0.3) is 11.6 Å². The van der Waals surface area contributed by atoms with E-state index in [0.717, 1.165) is 0 Å². The van der Waals surface area contributed by atoms with Gasteiger partial charge in [-0.2, -0.15) is 0 Å². The van der Waals surface area contributed by atoms with Crippen molar-refractivity contribution in [2.24, 2.45) is 0 Å². The lowest BCUT2D eigenvalue weighted by Crippen LogP contribution is -2.15. The number of rotatable bonds is 6. The Hall–Kier alpha value is -3.79. The first-order valence-corrected chi connectivity index (χ1v) is 9.25. The first kappa shape index (κ1) is 20.9. The number of amides is 2. The summed E-state index contributed by atoms with van der Waals surface area (Å²) in [5.41, 5.74) is 1.49. The fourth-order valence-electron chi connectivity index (χ4n) is 2.65. The highest BCUT2D eigenvalue weighted by atomic mass is 35.5. The molecule has 2 aromatic carbocycles. The van der Waals surface area contributed by atoms with Gasteiger partial charge in [0.15, 0.2) is 5.69 Å². The molecule has 1 aromatic heterocycles. The maximum absolute atomic E-state index is 12.7. The number of carbonyl (C=O) groups excluding carboxylic acids is 2. The molecule has 2 amide bonds. The van der Waals surface area contributed by atoms with Gasteiger partial charge in [-0.1, -0.05) is 29.8 Å². The Bertz CT molecular complexity index is 1140. The predicted molar refractivity (Wildman–Crippen MR) is 111 cm³/mol. The predicted octanol–water partition coefficient (Wildman–Crippen LogP) is 3.74. The summed E-state index contributed by atoms with van der Waals surface area (Å²) in [5.74, 6) is -0.740. The van der Waals surface area contributed by atoms with Crippen molar-refractivity contribution in [3.8, 4) is 5.69 Å². The van der Waals surface area contributed by atoms with E-state index < -0.39 is 10.8 Å². The second kappa shape index (κ2) is 8.70. The molecule has 3 aromatic rings. The van der Waals surface area contributed by atoms with Gasteiger partial charge in [0.1, 0.15) is 0 Å². The molecule has 0 fully saturated rings. The topological polar surface area (TPSA) is 132 Å². The van der Waals surface area contributed by atoms with Crippen molar-refractivity contribution in [1.29, 1.82) is 0 Å². The number of halogens is 1. The highest BCUT2D eigenvalue weighted by molar-refractivity contribution is 6.34. The summed E-state index contributed by atoms with van der Waals surface area (Å²) in [7, 11) is 0. The number of nitrogens with one attached hydrogen (secondary N) is 2. The van der Waals surface area contributed by atoms with Gasteiger partial charge < -0.3 is 10.6 Å². The van der Waals surface area contributed by atoms with E-state index in [-0.39, 0.29) is 22.3 Å². The van der Waals surface area contributed by atoms with E-state index in [1.165, 1.54) is 28.9 Å². The fraction of sp³-hybridized carbons (Fsp3) is 0.158. The van der Waals surface area contributed by atoms with Crippen molar-refractivity contribution >= 4 is 40.5 Å². The van der Waals surface area contributed by atoms with Crippen molar-refractivity contribution in [2.75, 3.05) is 10.6 Å². The second-order valence-electron chi connectivity index (χ2n) is 6.26. The molecule has 0 aliphatic heterocycles. The highest BCUT2D eigenvalue weighted by Crippen LogP contribution is 2.26. The van der Waals surface area contributed by atoms with E-state index in [4.69, 9.17) is 11.6 Å². The van der Waals surface area contributed by atoms with Crippen molar-refractivity contribution in [3.63, 3.8) is 0 Å². The standard InChI is InChI=1S/C19H17ClN6O4/c1-3-17(27)21-12-7-8-15(20)16(9-12)22-19(28)18-11(2)25(24-23-18)13-5-4-6-14(10-13)26(29)30/h4-10H,3H2,1-2H3,(H,21,27)(H,22,28). The maximum Gasteiger partial charge on any atom is 0.278 e. The average Bonchev–Trinajstić information content (AvgIpc) is 3.11. The van der Waals surface area contributed by atoms with Crippen LogP contribution in [-0.4, -0.2) is 31.7 Å². The van der Waals surface area contributed by atoms with E-state index in [1.54, 1.807) is 32.0 Å². The summed E-state index contributed by atoms with van der Waals surface area (Å²) in [5, 5.41) is 24.4. The number of non-ortho nitro benzene ring substituents is 1. The Morgan fingerprint density at radius 2 is 1.97 bits per heavy atom. The van der Waals surface area contributed by atoms with Crippen LogP contribution in [0.2, 0.25) is 5.02 Å². The fourth-order valence-corrected chi connectivity index (χ4v) is 2.82. The molecule has 0 aliphatic rings. The number of nitrogens with zero attached hydrogens (tertiary/aromatic N) is 4. The number of nitro benzene ring substituents is 1. The van der Waals surface area contributed by atoms with Crippen LogP contribution in [0, 0.1) is 17.0 Å². The first-order chi connectivity index (χ1) is 14.3. The minimum atomic E-state index is -0.565. The zero-order valence-corrected chi connectivity index (χ0v) is 16.8. The number of carbonyl (C=O) groups is 2. The smallest absolute Gasteiger partial charge is 0.278 e. The minimum Gasteiger partial charge on any atom is -0.326 e. The molecular formula is C19H17ClN6O4. The summed E-state index contributed by atoms with van der Waals surface area (Å²) < 4.78 is 1.33. The van der Waals surface area contributed by atoms with Crippen molar-refractivity contribution in [3.05, 3.63) is 69.0 Å². The molecule has 2 N–H and O–H groups in total. The number of anilines is 2. The van der Waals surface area contributed by atoms with Crippen LogP contribution in [-0.2, 0) is 4.79 Å². The molecule has 0 saturated heterocycles. The van der Waals surface area contributed by atoms with E-state index in [0.29, 0.717) is 29.2 Å². The molecule has 10 nitrogen and oxygen atoms in total. The quantitative estimate of drug-likeness (QED) is 0.454. The lowest BCUT2D eigenvalue weighted by Gasteiger charge is -2.10. The minimum absolute atomic E-state index is 0.0283. The van der Waals surface area contributed by atoms with Gasteiger partial charge in [-0.15, -0.1) is 5.10 Å². The van der Waals surface area contributed by atoms with Crippen LogP contribution in [0.25, 0.3) is 5.69 Å².